The van der Waals surface area contributed by atoms with Crippen molar-refractivity contribution in [1.82, 2.24) is 10.2 Å². The van der Waals surface area contributed by atoms with Crippen molar-refractivity contribution in [2.75, 3.05) is 19.7 Å². The van der Waals surface area contributed by atoms with Crippen LogP contribution in [0.15, 0.2) is 42.5 Å². The second-order valence-electron chi connectivity index (χ2n) is 7.15. The molecular weight excluding hydrogens is 324 g/mol. The van der Waals surface area contributed by atoms with Gasteiger partial charge in [-0.15, -0.1) is 0 Å². The molecule has 4 nitrogen and oxygen atoms in total. The molecule has 0 bridgehead atoms. The van der Waals surface area contributed by atoms with Gasteiger partial charge in [0.25, 0.3) is 5.91 Å². The number of carbonyl (C=O) groups is 1. The van der Waals surface area contributed by atoms with E-state index < -0.39 is 0 Å². The molecule has 1 aliphatic heterocycles. The number of benzene rings is 2. The first kappa shape index (κ1) is 18.5. The molecule has 0 saturated heterocycles. The van der Waals surface area contributed by atoms with E-state index in [4.69, 9.17) is 4.74 Å². The van der Waals surface area contributed by atoms with Gasteiger partial charge in [-0.25, -0.2) is 0 Å². The van der Waals surface area contributed by atoms with Crippen molar-refractivity contribution in [2.24, 2.45) is 0 Å². The number of ether oxygens (including phenoxy) is 1. The number of carbonyl (C=O) groups excluding carboxylic acids is 1. The van der Waals surface area contributed by atoms with Gasteiger partial charge in [-0.3, -0.25) is 9.69 Å². The van der Waals surface area contributed by atoms with Crippen LogP contribution in [0.1, 0.15) is 29.2 Å². The average molecular weight is 352 g/mol. The highest BCUT2D eigenvalue weighted by molar-refractivity contribution is 5.77. The third kappa shape index (κ3) is 4.44. The summed E-state index contributed by atoms with van der Waals surface area (Å²) < 4.78 is 5.73. The van der Waals surface area contributed by atoms with Crippen molar-refractivity contribution in [3.8, 4) is 5.75 Å². The van der Waals surface area contributed by atoms with Crippen LogP contribution in [0.25, 0.3) is 0 Å². The molecule has 1 aliphatic rings. The van der Waals surface area contributed by atoms with Gasteiger partial charge in [0.1, 0.15) is 5.75 Å². The van der Waals surface area contributed by atoms with Crippen LogP contribution in [0.2, 0.25) is 0 Å². The second kappa shape index (κ2) is 8.37. The Kier molecular flexibility index (Phi) is 5.94. The third-order valence-electron chi connectivity index (χ3n) is 5.13. The summed E-state index contributed by atoms with van der Waals surface area (Å²) in [5.41, 5.74) is 4.95. The third-order valence-corrected chi connectivity index (χ3v) is 5.13. The number of nitrogens with zero attached hydrogens (tertiary/aromatic N) is 1. The smallest absolute Gasteiger partial charge is 0.257 e. The molecular formula is C22H28N2O2. The van der Waals surface area contributed by atoms with Gasteiger partial charge in [-0.05, 0) is 49.4 Å². The lowest BCUT2D eigenvalue weighted by Gasteiger charge is -2.33. The minimum Gasteiger partial charge on any atom is -0.483 e. The highest BCUT2D eigenvalue weighted by Gasteiger charge is 2.20. The summed E-state index contributed by atoms with van der Waals surface area (Å²) in [4.78, 5) is 14.6. The summed E-state index contributed by atoms with van der Waals surface area (Å²) in [6.07, 6.45) is 1.07. The van der Waals surface area contributed by atoms with Crippen molar-refractivity contribution < 1.29 is 9.53 Å². The van der Waals surface area contributed by atoms with E-state index in [0.29, 0.717) is 12.6 Å². The van der Waals surface area contributed by atoms with E-state index in [1.807, 2.05) is 32.0 Å². The molecule has 1 atom stereocenters. The lowest BCUT2D eigenvalue weighted by Crippen LogP contribution is -2.45. The zero-order valence-corrected chi connectivity index (χ0v) is 15.9. The van der Waals surface area contributed by atoms with E-state index in [1.165, 1.54) is 11.1 Å². The fourth-order valence-corrected chi connectivity index (χ4v) is 3.50. The Morgan fingerprint density at radius 3 is 2.54 bits per heavy atom. The highest BCUT2D eigenvalue weighted by Crippen LogP contribution is 2.22. The van der Waals surface area contributed by atoms with Crippen LogP contribution in [0.3, 0.4) is 0 Å². The zero-order valence-electron chi connectivity index (χ0n) is 15.9. The van der Waals surface area contributed by atoms with Gasteiger partial charge in [-0.1, -0.05) is 42.5 Å². The van der Waals surface area contributed by atoms with E-state index in [0.717, 1.165) is 36.4 Å². The number of para-hydroxylation sites is 1. The molecule has 2 aromatic rings. The molecule has 138 valence electrons. The number of aryl methyl sites for hydroxylation is 2. The fraction of sp³-hybridized carbons (Fsp3) is 0.409. The zero-order chi connectivity index (χ0) is 18.5. The molecule has 0 fully saturated rings. The SMILES string of the molecule is Cc1cccc(C)c1OCC(=O)NCC(C)N1CCc2ccccc2C1. The molecule has 0 aromatic heterocycles. The monoisotopic (exact) mass is 352 g/mol. The number of nitrogens with one attached hydrogen (secondary N) is 1. The highest BCUT2D eigenvalue weighted by atomic mass is 16.5. The van der Waals surface area contributed by atoms with Crippen LogP contribution in [-0.2, 0) is 17.8 Å². The predicted molar refractivity (Wildman–Crippen MR) is 104 cm³/mol. The quantitative estimate of drug-likeness (QED) is 0.868. The Labute approximate surface area is 156 Å². The normalized spacial score (nSPS) is 15.2. The van der Waals surface area contributed by atoms with Gasteiger partial charge >= 0.3 is 0 Å². The van der Waals surface area contributed by atoms with Crippen molar-refractivity contribution in [1.29, 1.82) is 0 Å². The Bertz CT molecular complexity index is 752. The van der Waals surface area contributed by atoms with Crippen LogP contribution < -0.4 is 10.1 Å². The molecule has 0 saturated carbocycles. The largest absolute Gasteiger partial charge is 0.483 e. The Balaban J connectivity index is 1.46. The van der Waals surface area contributed by atoms with Gasteiger partial charge in [-0.2, -0.15) is 0 Å². The maximum Gasteiger partial charge on any atom is 0.257 e. The molecule has 4 heteroatoms. The molecule has 0 aliphatic carbocycles. The van der Waals surface area contributed by atoms with Crippen LogP contribution in [0.5, 0.6) is 5.75 Å². The first-order valence-electron chi connectivity index (χ1n) is 9.31. The number of rotatable bonds is 6. The van der Waals surface area contributed by atoms with E-state index in [9.17, 15) is 4.79 Å². The summed E-state index contributed by atoms with van der Waals surface area (Å²) in [5, 5.41) is 3.01. The van der Waals surface area contributed by atoms with Gasteiger partial charge in [0.15, 0.2) is 6.61 Å². The van der Waals surface area contributed by atoms with Crippen molar-refractivity contribution >= 4 is 5.91 Å². The van der Waals surface area contributed by atoms with Gasteiger partial charge in [0.2, 0.25) is 0 Å². The van der Waals surface area contributed by atoms with Gasteiger partial charge in [0.05, 0.1) is 0 Å². The van der Waals surface area contributed by atoms with E-state index in [2.05, 4.69) is 41.4 Å². The van der Waals surface area contributed by atoms with Crippen molar-refractivity contribution in [3.63, 3.8) is 0 Å². The first-order chi connectivity index (χ1) is 12.5. The summed E-state index contributed by atoms with van der Waals surface area (Å²) in [7, 11) is 0. The van der Waals surface area contributed by atoms with E-state index in [1.54, 1.807) is 0 Å². The number of amides is 1. The maximum absolute atomic E-state index is 12.2. The topological polar surface area (TPSA) is 41.6 Å². The lowest BCUT2D eigenvalue weighted by atomic mass is 9.99. The first-order valence-corrected chi connectivity index (χ1v) is 9.31. The molecule has 1 unspecified atom stereocenters. The Morgan fingerprint density at radius 1 is 1.12 bits per heavy atom. The van der Waals surface area contributed by atoms with E-state index >= 15 is 0 Å². The summed E-state index contributed by atoms with van der Waals surface area (Å²) >= 11 is 0. The predicted octanol–water partition coefficient (Wildman–Crippen LogP) is 3.25. The number of hydrogen-bond acceptors (Lipinski definition) is 3. The molecule has 1 amide bonds. The minimum atomic E-state index is -0.0723. The molecule has 0 radical (unpaired) electrons. The summed E-state index contributed by atoms with van der Waals surface area (Å²) in [6, 6.07) is 14.9. The van der Waals surface area contributed by atoms with Crippen LogP contribution >= 0.6 is 0 Å². The summed E-state index contributed by atoms with van der Waals surface area (Å²) in [5.74, 6) is 0.736. The van der Waals surface area contributed by atoms with Gasteiger partial charge in [0, 0.05) is 25.7 Å². The molecule has 0 spiro atoms. The Hall–Kier alpha value is -2.33. The van der Waals surface area contributed by atoms with Crippen molar-refractivity contribution in [3.05, 3.63) is 64.7 Å². The molecule has 1 heterocycles. The lowest BCUT2D eigenvalue weighted by molar-refractivity contribution is -0.123. The molecule has 1 N–H and O–H groups in total. The maximum atomic E-state index is 12.2. The van der Waals surface area contributed by atoms with Crippen molar-refractivity contribution in [2.45, 2.75) is 39.8 Å². The average Bonchev–Trinajstić information content (AvgIpc) is 2.65. The van der Waals surface area contributed by atoms with Crippen LogP contribution in [0.4, 0.5) is 0 Å². The molecule has 26 heavy (non-hydrogen) atoms. The van der Waals surface area contributed by atoms with E-state index in [-0.39, 0.29) is 12.5 Å². The number of fused-ring (bicyclic) bond motifs is 1. The minimum absolute atomic E-state index is 0.0568. The standard InChI is InChI=1S/C22H28N2O2/c1-16-7-6-8-17(2)22(16)26-15-21(25)23-13-18(3)24-12-11-19-9-4-5-10-20(19)14-24/h4-10,18H,11-15H2,1-3H3,(H,23,25). The second-order valence-corrected chi connectivity index (χ2v) is 7.15. The number of hydrogen-bond donors (Lipinski definition) is 1. The van der Waals surface area contributed by atoms with Crippen LogP contribution in [-0.4, -0.2) is 36.5 Å². The molecule has 2 aromatic carbocycles. The summed E-state index contributed by atoms with van der Waals surface area (Å²) in [6.45, 7) is 8.84. The van der Waals surface area contributed by atoms with Crippen LogP contribution in [0, 0.1) is 13.8 Å². The van der Waals surface area contributed by atoms with Gasteiger partial charge < -0.3 is 10.1 Å². The Morgan fingerprint density at radius 2 is 1.81 bits per heavy atom. The molecule has 3 rings (SSSR count). The fourth-order valence-electron chi connectivity index (χ4n) is 3.50.